The van der Waals surface area contributed by atoms with E-state index in [9.17, 15) is 14.4 Å². The standard InChI is InChI=1S/C17H24N2O4/c1-12-6-8-14(9-7-12)15(19-13(2)20)11-16(21)18-10-4-3-5-17(22)23/h6-9,15H,3-5,10-11H2,1-2H3,(H,18,21)(H,19,20)(H,22,23). The van der Waals surface area contributed by atoms with Gasteiger partial charge in [0.2, 0.25) is 11.8 Å². The van der Waals surface area contributed by atoms with Crippen LogP contribution in [0.15, 0.2) is 24.3 Å². The fourth-order valence-electron chi connectivity index (χ4n) is 2.18. The van der Waals surface area contributed by atoms with Gasteiger partial charge in [0.1, 0.15) is 0 Å². The molecule has 0 aliphatic rings. The van der Waals surface area contributed by atoms with Crippen LogP contribution in [-0.2, 0) is 14.4 Å². The number of amides is 2. The summed E-state index contributed by atoms with van der Waals surface area (Å²) in [6.07, 6.45) is 1.41. The monoisotopic (exact) mass is 320 g/mol. The number of unbranched alkanes of at least 4 members (excludes halogenated alkanes) is 1. The number of rotatable bonds is 9. The van der Waals surface area contributed by atoms with Crippen LogP contribution in [0.1, 0.15) is 49.8 Å². The first-order chi connectivity index (χ1) is 10.9. The summed E-state index contributed by atoms with van der Waals surface area (Å²) in [5, 5.41) is 14.1. The number of carbonyl (C=O) groups is 3. The number of nitrogens with one attached hydrogen (secondary N) is 2. The van der Waals surface area contributed by atoms with Crippen molar-refractivity contribution >= 4 is 17.8 Å². The number of carbonyl (C=O) groups excluding carboxylic acids is 2. The maximum Gasteiger partial charge on any atom is 0.303 e. The van der Waals surface area contributed by atoms with Gasteiger partial charge in [0.25, 0.3) is 0 Å². The number of aryl methyl sites for hydroxylation is 1. The molecule has 0 aromatic heterocycles. The molecule has 0 radical (unpaired) electrons. The normalized spacial score (nSPS) is 11.6. The number of aliphatic carboxylic acids is 1. The zero-order chi connectivity index (χ0) is 17.2. The Labute approximate surface area is 136 Å². The van der Waals surface area contributed by atoms with Crippen molar-refractivity contribution in [3.8, 4) is 0 Å². The topological polar surface area (TPSA) is 95.5 Å². The Morgan fingerprint density at radius 3 is 2.35 bits per heavy atom. The third kappa shape index (κ3) is 7.99. The lowest BCUT2D eigenvalue weighted by atomic mass is 10.0. The van der Waals surface area contributed by atoms with Gasteiger partial charge in [0, 0.05) is 19.9 Å². The summed E-state index contributed by atoms with van der Waals surface area (Å²) in [5.74, 6) is -1.19. The first kappa shape index (κ1) is 18.7. The molecule has 0 aliphatic heterocycles. The molecule has 0 saturated heterocycles. The third-order valence-corrected chi connectivity index (χ3v) is 3.39. The molecule has 2 amide bonds. The van der Waals surface area contributed by atoms with E-state index in [1.54, 1.807) is 0 Å². The van der Waals surface area contributed by atoms with Crippen molar-refractivity contribution in [2.75, 3.05) is 6.54 Å². The van der Waals surface area contributed by atoms with Gasteiger partial charge in [0.15, 0.2) is 0 Å². The van der Waals surface area contributed by atoms with Crippen LogP contribution >= 0.6 is 0 Å². The molecule has 0 saturated carbocycles. The molecule has 6 heteroatoms. The Balaban J connectivity index is 2.49. The molecule has 1 unspecified atom stereocenters. The van der Waals surface area contributed by atoms with Crippen molar-refractivity contribution in [2.45, 2.75) is 45.6 Å². The van der Waals surface area contributed by atoms with Crippen molar-refractivity contribution in [2.24, 2.45) is 0 Å². The summed E-state index contributed by atoms with van der Waals surface area (Å²) in [5.41, 5.74) is 1.99. The molecule has 1 aromatic carbocycles. The Bertz CT molecular complexity index is 540. The van der Waals surface area contributed by atoms with Crippen molar-refractivity contribution in [3.05, 3.63) is 35.4 Å². The number of hydrogen-bond acceptors (Lipinski definition) is 3. The summed E-state index contributed by atoms with van der Waals surface area (Å²) in [6.45, 7) is 3.83. The highest BCUT2D eigenvalue weighted by Gasteiger charge is 2.16. The minimum Gasteiger partial charge on any atom is -0.481 e. The van der Waals surface area contributed by atoms with Crippen LogP contribution < -0.4 is 10.6 Å². The van der Waals surface area contributed by atoms with Crippen molar-refractivity contribution in [3.63, 3.8) is 0 Å². The molecule has 0 fully saturated rings. The lowest BCUT2D eigenvalue weighted by Gasteiger charge is -2.18. The van der Waals surface area contributed by atoms with E-state index in [1.807, 2.05) is 31.2 Å². The van der Waals surface area contributed by atoms with Crippen LogP contribution in [0.5, 0.6) is 0 Å². The van der Waals surface area contributed by atoms with E-state index in [0.717, 1.165) is 11.1 Å². The Kier molecular flexibility index (Phi) is 7.80. The van der Waals surface area contributed by atoms with Crippen LogP contribution in [0, 0.1) is 6.92 Å². The third-order valence-electron chi connectivity index (χ3n) is 3.39. The van der Waals surface area contributed by atoms with Crippen LogP contribution in [0.3, 0.4) is 0 Å². The predicted octanol–water partition coefficient (Wildman–Crippen LogP) is 1.93. The highest BCUT2D eigenvalue weighted by atomic mass is 16.4. The minimum atomic E-state index is -0.832. The minimum absolute atomic E-state index is 0.105. The fourth-order valence-corrected chi connectivity index (χ4v) is 2.18. The van der Waals surface area contributed by atoms with Crippen molar-refractivity contribution in [1.82, 2.24) is 10.6 Å². The van der Waals surface area contributed by atoms with E-state index in [0.29, 0.717) is 19.4 Å². The van der Waals surface area contributed by atoms with Crippen molar-refractivity contribution in [1.29, 1.82) is 0 Å². The summed E-state index contributed by atoms with van der Waals surface area (Å²) in [4.78, 5) is 33.7. The molecule has 0 aliphatic carbocycles. The Morgan fingerprint density at radius 2 is 1.78 bits per heavy atom. The first-order valence-electron chi connectivity index (χ1n) is 7.70. The van der Waals surface area contributed by atoms with E-state index in [1.165, 1.54) is 6.92 Å². The average Bonchev–Trinajstić information content (AvgIpc) is 2.46. The van der Waals surface area contributed by atoms with Crippen molar-refractivity contribution < 1.29 is 19.5 Å². The summed E-state index contributed by atoms with van der Waals surface area (Å²) >= 11 is 0. The zero-order valence-electron chi connectivity index (χ0n) is 13.6. The van der Waals surface area contributed by atoms with Gasteiger partial charge >= 0.3 is 5.97 Å². The van der Waals surface area contributed by atoms with E-state index in [-0.39, 0.29) is 30.7 Å². The van der Waals surface area contributed by atoms with Gasteiger partial charge in [-0.2, -0.15) is 0 Å². The smallest absolute Gasteiger partial charge is 0.303 e. The summed E-state index contributed by atoms with van der Waals surface area (Å²) in [7, 11) is 0. The molecule has 6 nitrogen and oxygen atoms in total. The van der Waals surface area contributed by atoms with E-state index < -0.39 is 5.97 Å². The van der Waals surface area contributed by atoms with E-state index in [2.05, 4.69) is 10.6 Å². The molecule has 0 spiro atoms. The number of carboxylic acids is 1. The molecule has 1 aromatic rings. The Hall–Kier alpha value is -2.37. The van der Waals surface area contributed by atoms with Gasteiger partial charge < -0.3 is 15.7 Å². The molecule has 3 N–H and O–H groups in total. The highest BCUT2D eigenvalue weighted by Crippen LogP contribution is 2.17. The van der Waals surface area contributed by atoms with Gasteiger partial charge in [-0.15, -0.1) is 0 Å². The second kappa shape index (κ2) is 9.61. The maximum absolute atomic E-state index is 12.0. The van der Waals surface area contributed by atoms with E-state index >= 15 is 0 Å². The predicted molar refractivity (Wildman–Crippen MR) is 86.9 cm³/mol. The van der Waals surface area contributed by atoms with Gasteiger partial charge in [-0.1, -0.05) is 29.8 Å². The molecule has 1 atom stereocenters. The molecule has 1 rings (SSSR count). The Morgan fingerprint density at radius 1 is 1.13 bits per heavy atom. The SMILES string of the molecule is CC(=O)NC(CC(=O)NCCCCC(=O)O)c1ccc(C)cc1. The van der Waals surface area contributed by atoms with E-state index in [4.69, 9.17) is 5.11 Å². The second-order valence-electron chi connectivity index (χ2n) is 5.57. The van der Waals surface area contributed by atoms with Crippen LogP contribution in [0.4, 0.5) is 0 Å². The number of hydrogen-bond donors (Lipinski definition) is 3. The van der Waals surface area contributed by atoms with Gasteiger partial charge in [-0.05, 0) is 25.3 Å². The molecule has 0 bridgehead atoms. The number of benzene rings is 1. The fraction of sp³-hybridized carbons (Fsp3) is 0.471. The molecular formula is C17H24N2O4. The van der Waals surface area contributed by atoms with Crippen LogP contribution in [0.2, 0.25) is 0 Å². The van der Waals surface area contributed by atoms with Gasteiger partial charge in [-0.25, -0.2) is 0 Å². The molecular weight excluding hydrogens is 296 g/mol. The lowest BCUT2D eigenvalue weighted by Crippen LogP contribution is -2.33. The first-order valence-corrected chi connectivity index (χ1v) is 7.70. The highest BCUT2D eigenvalue weighted by molar-refractivity contribution is 5.79. The molecule has 0 heterocycles. The second-order valence-corrected chi connectivity index (χ2v) is 5.57. The zero-order valence-corrected chi connectivity index (χ0v) is 13.6. The number of carboxylic acid groups (broad SMARTS) is 1. The summed E-state index contributed by atoms with van der Waals surface area (Å²) < 4.78 is 0. The molecule has 126 valence electrons. The van der Waals surface area contributed by atoms with Gasteiger partial charge in [-0.3, -0.25) is 14.4 Å². The maximum atomic E-state index is 12.0. The van der Waals surface area contributed by atoms with Crippen LogP contribution in [-0.4, -0.2) is 29.4 Å². The largest absolute Gasteiger partial charge is 0.481 e. The summed E-state index contributed by atoms with van der Waals surface area (Å²) in [6, 6.07) is 7.31. The quantitative estimate of drug-likeness (QED) is 0.606. The average molecular weight is 320 g/mol. The van der Waals surface area contributed by atoms with Gasteiger partial charge in [0.05, 0.1) is 12.5 Å². The molecule has 23 heavy (non-hydrogen) atoms. The lowest BCUT2D eigenvalue weighted by molar-refractivity contribution is -0.137. The van der Waals surface area contributed by atoms with Crippen LogP contribution in [0.25, 0.3) is 0 Å².